The molecule has 10 atom stereocenters. The summed E-state index contributed by atoms with van der Waals surface area (Å²) in [7, 11) is 0. The fraction of sp³-hybridized carbons (Fsp3) is 0.857. The maximum absolute atomic E-state index is 11.4. The van der Waals surface area contributed by atoms with Gasteiger partial charge < -0.3 is 29.9 Å². The van der Waals surface area contributed by atoms with Crippen molar-refractivity contribution < 1.29 is 34.7 Å². The van der Waals surface area contributed by atoms with Crippen molar-refractivity contribution in [3.05, 3.63) is 11.6 Å². The first-order chi connectivity index (χ1) is 13.1. The summed E-state index contributed by atoms with van der Waals surface area (Å²) in [5, 5.41) is 39.6. The van der Waals surface area contributed by atoms with E-state index in [1.165, 1.54) is 12.0 Å². The molecule has 1 saturated heterocycles. The van der Waals surface area contributed by atoms with E-state index in [0.29, 0.717) is 23.7 Å². The Kier molecular flexibility index (Phi) is 6.51. The van der Waals surface area contributed by atoms with Gasteiger partial charge in [-0.05, 0) is 49.4 Å². The number of hydrogen-bond donors (Lipinski definition) is 4. The van der Waals surface area contributed by atoms with Crippen molar-refractivity contribution >= 4 is 5.97 Å². The number of aliphatic carboxylic acids is 1. The number of ether oxygens (including phenoxy) is 2. The first-order valence-corrected chi connectivity index (χ1v) is 10.4. The number of carbonyl (C=O) groups is 1. The summed E-state index contributed by atoms with van der Waals surface area (Å²) in [4.78, 5) is 11.4. The van der Waals surface area contributed by atoms with Crippen LogP contribution in [0.5, 0.6) is 0 Å². The largest absolute Gasteiger partial charge is 0.479 e. The van der Waals surface area contributed by atoms with Gasteiger partial charge in [0.25, 0.3) is 0 Å². The van der Waals surface area contributed by atoms with Gasteiger partial charge in [-0.1, -0.05) is 38.8 Å². The number of carboxylic acids is 1. The molecule has 7 nitrogen and oxygen atoms in total. The van der Waals surface area contributed by atoms with E-state index < -0.39 is 36.7 Å². The Morgan fingerprint density at radius 3 is 2.46 bits per heavy atom. The third-order valence-electron chi connectivity index (χ3n) is 7.00. The van der Waals surface area contributed by atoms with Crippen LogP contribution >= 0.6 is 0 Å². The normalized spacial score (nSPS) is 46.8. The maximum atomic E-state index is 11.4. The highest BCUT2D eigenvalue weighted by Crippen LogP contribution is 2.50. The Bertz CT molecular complexity index is 604. The van der Waals surface area contributed by atoms with Crippen molar-refractivity contribution in [3.63, 3.8) is 0 Å². The van der Waals surface area contributed by atoms with Gasteiger partial charge in [0.05, 0.1) is 6.10 Å². The number of hydrogen-bond acceptors (Lipinski definition) is 6. The Hall–Kier alpha value is -0.990. The highest BCUT2D eigenvalue weighted by molar-refractivity contribution is 5.73. The monoisotopic (exact) mass is 398 g/mol. The molecule has 4 N–H and O–H groups in total. The van der Waals surface area contributed by atoms with Gasteiger partial charge in [-0.3, -0.25) is 0 Å². The second-order valence-corrected chi connectivity index (χ2v) is 9.26. The van der Waals surface area contributed by atoms with Crippen LogP contribution in [0, 0.1) is 29.6 Å². The number of aliphatic hydroxyl groups is 3. The lowest BCUT2D eigenvalue weighted by molar-refractivity contribution is -0.307. The second-order valence-electron chi connectivity index (χ2n) is 9.26. The van der Waals surface area contributed by atoms with Crippen molar-refractivity contribution in [3.8, 4) is 0 Å². The lowest BCUT2D eigenvalue weighted by Crippen LogP contribution is -2.61. The highest BCUT2D eigenvalue weighted by atomic mass is 16.7. The van der Waals surface area contributed by atoms with Gasteiger partial charge >= 0.3 is 5.97 Å². The summed E-state index contributed by atoms with van der Waals surface area (Å²) in [6, 6.07) is 0. The van der Waals surface area contributed by atoms with Crippen molar-refractivity contribution in [2.45, 2.75) is 83.8 Å². The van der Waals surface area contributed by atoms with Crippen LogP contribution in [-0.4, -0.2) is 63.2 Å². The number of carboxylic acid groups (broad SMARTS) is 1. The minimum atomic E-state index is -1.71. The van der Waals surface area contributed by atoms with E-state index in [4.69, 9.17) is 9.47 Å². The first kappa shape index (κ1) is 21.7. The molecule has 6 unspecified atom stereocenters. The molecule has 3 rings (SSSR count). The van der Waals surface area contributed by atoms with Crippen LogP contribution < -0.4 is 0 Å². The van der Waals surface area contributed by atoms with Crippen molar-refractivity contribution in [2.75, 3.05) is 0 Å². The lowest BCUT2D eigenvalue weighted by Gasteiger charge is -2.50. The molecule has 0 amide bonds. The molecule has 3 aliphatic rings. The zero-order valence-electron chi connectivity index (χ0n) is 17.1. The molecule has 1 heterocycles. The van der Waals surface area contributed by atoms with Crippen molar-refractivity contribution in [1.29, 1.82) is 0 Å². The zero-order chi connectivity index (χ0) is 20.7. The molecule has 0 aromatic rings. The van der Waals surface area contributed by atoms with Gasteiger partial charge in [0, 0.05) is 0 Å². The predicted molar refractivity (Wildman–Crippen MR) is 101 cm³/mol. The van der Waals surface area contributed by atoms with Crippen LogP contribution in [0.4, 0.5) is 0 Å². The lowest BCUT2D eigenvalue weighted by atomic mass is 9.58. The first-order valence-electron chi connectivity index (χ1n) is 10.4. The van der Waals surface area contributed by atoms with E-state index in [-0.39, 0.29) is 12.0 Å². The number of aliphatic hydroxyl groups excluding tert-OH is 3. The van der Waals surface area contributed by atoms with Gasteiger partial charge in [0.2, 0.25) is 0 Å². The number of allylic oxidation sites excluding steroid dienone is 1. The molecule has 1 aliphatic heterocycles. The molecule has 0 bridgehead atoms. The van der Waals surface area contributed by atoms with Crippen molar-refractivity contribution in [1.82, 2.24) is 0 Å². The zero-order valence-corrected chi connectivity index (χ0v) is 17.1. The molecular weight excluding hydrogens is 364 g/mol. The minimum Gasteiger partial charge on any atom is -0.479 e. The third-order valence-corrected chi connectivity index (χ3v) is 7.00. The second kappa shape index (κ2) is 8.40. The molecule has 7 heteroatoms. The van der Waals surface area contributed by atoms with Crippen LogP contribution in [0.1, 0.15) is 47.0 Å². The quantitative estimate of drug-likeness (QED) is 0.531. The molecule has 0 radical (unpaired) electrons. The number of fused-ring (bicyclic) bond motifs is 1. The fourth-order valence-electron chi connectivity index (χ4n) is 5.53. The summed E-state index contributed by atoms with van der Waals surface area (Å²) in [6.07, 6.45) is -2.78. The predicted octanol–water partition coefficient (Wildman–Crippen LogP) is 1.55. The molecule has 0 aromatic heterocycles. The molecule has 28 heavy (non-hydrogen) atoms. The summed E-state index contributed by atoms with van der Waals surface area (Å²) < 4.78 is 11.5. The van der Waals surface area contributed by atoms with Crippen LogP contribution in [0.25, 0.3) is 0 Å². The van der Waals surface area contributed by atoms with Crippen LogP contribution in [-0.2, 0) is 14.3 Å². The van der Waals surface area contributed by atoms with E-state index in [1.807, 2.05) is 6.08 Å². The van der Waals surface area contributed by atoms with Gasteiger partial charge in [0.15, 0.2) is 12.4 Å². The van der Waals surface area contributed by atoms with Gasteiger partial charge in [-0.15, -0.1) is 0 Å². The van der Waals surface area contributed by atoms with E-state index in [1.54, 1.807) is 0 Å². The van der Waals surface area contributed by atoms with Gasteiger partial charge in [0.1, 0.15) is 18.3 Å². The Labute approximate surface area is 166 Å². The van der Waals surface area contributed by atoms with Crippen LogP contribution in [0.2, 0.25) is 0 Å². The maximum Gasteiger partial charge on any atom is 0.335 e. The highest BCUT2D eigenvalue weighted by Gasteiger charge is 2.50. The Morgan fingerprint density at radius 2 is 1.86 bits per heavy atom. The number of rotatable bonds is 4. The van der Waals surface area contributed by atoms with E-state index in [0.717, 1.165) is 12.8 Å². The fourth-order valence-corrected chi connectivity index (χ4v) is 5.53. The van der Waals surface area contributed by atoms with Gasteiger partial charge in [-0.2, -0.15) is 0 Å². The average molecular weight is 398 g/mol. The summed E-state index contributed by atoms with van der Waals surface area (Å²) >= 11 is 0. The molecule has 2 aliphatic carbocycles. The smallest absolute Gasteiger partial charge is 0.335 e. The van der Waals surface area contributed by atoms with E-state index >= 15 is 0 Å². The molecule has 0 spiro atoms. The third kappa shape index (κ3) is 4.00. The molecule has 1 saturated carbocycles. The topological polar surface area (TPSA) is 116 Å². The van der Waals surface area contributed by atoms with Crippen LogP contribution in [0.3, 0.4) is 0 Å². The molecule has 0 aromatic carbocycles. The van der Waals surface area contributed by atoms with Crippen LogP contribution in [0.15, 0.2) is 11.6 Å². The molecule has 160 valence electrons. The van der Waals surface area contributed by atoms with E-state index in [2.05, 4.69) is 27.7 Å². The Balaban J connectivity index is 1.83. The SMILES string of the molecule is CC1=C[C@H](OC2OC(C(=O)O)C(O)C(O)C2O)[C@H]2[C@@H](C)CCC(C(C)C)[C@@H]2C1. The average Bonchev–Trinajstić information content (AvgIpc) is 2.61. The van der Waals surface area contributed by atoms with E-state index in [9.17, 15) is 25.2 Å². The summed E-state index contributed by atoms with van der Waals surface area (Å²) in [5.41, 5.74) is 1.21. The molecule has 2 fully saturated rings. The Morgan fingerprint density at radius 1 is 1.18 bits per heavy atom. The van der Waals surface area contributed by atoms with Gasteiger partial charge in [-0.25, -0.2) is 4.79 Å². The summed E-state index contributed by atoms with van der Waals surface area (Å²) in [6.45, 7) is 8.80. The summed E-state index contributed by atoms with van der Waals surface area (Å²) in [5.74, 6) is 0.897. The molecular formula is C21H34O7. The minimum absolute atomic E-state index is 0.243. The van der Waals surface area contributed by atoms with Crippen molar-refractivity contribution in [2.24, 2.45) is 29.6 Å². The standard InChI is InChI=1S/C21H34O7/c1-9(2)12-6-5-11(4)15-13(12)7-10(3)8-14(15)27-21-18(24)16(22)17(23)19(28-21)20(25)26/h8-9,11-19,21-24H,5-7H2,1-4H3,(H,25,26)/t11-,12?,13-,14-,15-,16?,17?,18?,19?,21?/m0/s1.